The van der Waals surface area contributed by atoms with Crippen molar-refractivity contribution in [1.29, 1.82) is 0 Å². The standard InChI is InChI=1S/C11H18O4/c1-8(12)15-10-4-2-3-9(10)7-11-13-5-6-14-11/h9-11H,2-7H2,1H3/t9-,10+/m0/s1. The van der Waals surface area contributed by atoms with Crippen LogP contribution in [0.5, 0.6) is 0 Å². The molecule has 4 heteroatoms. The van der Waals surface area contributed by atoms with Gasteiger partial charge in [-0.25, -0.2) is 0 Å². The van der Waals surface area contributed by atoms with Crippen molar-refractivity contribution in [3.63, 3.8) is 0 Å². The summed E-state index contributed by atoms with van der Waals surface area (Å²) in [6.07, 6.45) is 4.09. The first-order chi connectivity index (χ1) is 7.25. The molecule has 0 aromatic carbocycles. The molecule has 1 aliphatic heterocycles. The SMILES string of the molecule is CC(=O)O[C@@H]1CCC[C@H]1CC1OCCO1. The van der Waals surface area contributed by atoms with Gasteiger partial charge in [0.25, 0.3) is 0 Å². The molecule has 0 bridgehead atoms. The van der Waals surface area contributed by atoms with Gasteiger partial charge >= 0.3 is 5.97 Å². The maximum absolute atomic E-state index is 10.9. The molecule has 0 amide bonds. The Labute approximate surface area is 89.9 Å². The number of rotatable bonds is 3. The summed E-state index contributed by atoms with van der Waals surface area (Å²) in [6.45, 7) is 2.85. The summed E-state index contributed by atoms with van der Waals surface area (Å²) in [5.41, 5.74) is 0. The summed E-state index contributed by atoms with van der Waals surface area (Å²) in [7, 11) is 0. The first kappa shape index (κ1) is 10.9. The Morgan fingerprint density at radius 3 is 2.73 bits per heavy atom. The highest BCUT2D eigenvalue weighted by atomic mass is 16.7. The van der Waals surface area contributed by atoms with Crippen molar-refractivity contribution in [2.45, 2.75) is 45.0 Å². The lowest BCUT2D eigenvalue weighted by molar-refractivity contribution is -0.150. The predicted molar refractivity (Wildman–Crippen MR) is 53.2 cm³/mol. The average Bonchev–Trinajstić information content (AvgIpc) is 2.78. The maximum atomic E-state index is 10.9. The van der Waals surface area contributed by atoms with Gasteiger partial charge in [-0.2, -0.15) is 0 Å². The molecule has 2 rings (SSSR count). The van der Waals surface area contributed by atoms with Crippen molar-refractivity contribution in [3.8, 4) is 0 Å². The largest absolute Gasteiger partial charge is 0.462 e. The van der Waals surface area contributed by atoms with Crippen molar-refractivity contribution >= 4 is 5.97 Å². The summed E-state index contributed by atoms with van der Waals surface area (Å²) in [6, 6.07) is 0. The van der Waals surface area contributed by atoms with E-state index in [1.807, 2.05) is 0 Å². The van der Waals surface area contributed by atoms with Crippen LogP contribution in [0.25, 0.3) is 0 Å². The third kappa shape index (κ3) is 2.92. The van der Waals surface area contributed by atoms with Gasteiger partial charge in [-0.05, 0) is 19.3 Å². The van der Waals surface area contributed by atoms with Crippen LogP contribution in [-0.4, -0.2) is 31.6 Å². The summed E-state index contributed by atoms with van der Waals surface area (Å²) in [4.78, 5) is 10.9. The zero-order chi connectivity index (χ0) is 10.7. The highest BCUT2D eigenvalue weighted by Gasteiger charge is 2.33. The minimum absolute atomic E-state index is 0.0776. The molecule has 2 aliphatic rings. The van der Waals surface area contributed by atoms with Crippen molar-refractivity contribution < 1.29 is 19.0 Å². The van der Waals surface area contributed by atoms with Gasteiger partial charge in [0.2, 0.25) is 0 Å². The van der Waals surface area contributed by atoms with Crippen molar-refractivity contribution in [2.24, 2.45) is 5.92 Å². The molecule has 15 heavy (non-hydrogen) atoms. The van der Waals surface area contributed by atoms with Crippen LogP contribution in [0, 0.1) is 5.92 Å². The zero-order valence-corrected chi connectivity index (χ0v) is 9.11. The number of ether oxygens (including phenoxy) is 3. The Bertz CT molecular complexity index is 223. The first-order valence-electron chi connectivity index (χ1n) is 5.66. The molecule has 0 spiro atoms. The van der Waals surface area contributed by atoms with Crippen LogP contribution in [0.15, 0.2) is 0 Å². The summed E-state index contributed by atoms with van der Waals surface area (Å²) < 4.78 is 16.1. The molecular formula is C11H18O4. The molecule has 0 aromatic rings. The van der Waals surface area contributed by atoms with E-state index in [0.29, 0.717) is 19.1 Å². The molecule has 0 aromatic heterocycles. The Morgan fingerprint density at radius 1 is 1.33 bits per heavy atom. The van der Waals surface area contributed by atoms with Gasteiger partial charge in [0, 0.05) is 19.3 Å². The van der Waals surface area contributed by atoms with E-state index in [1.165, 1.54) is 6.92 Å². The van der Waals surface area contributed by atoms with E-state index in [9.17, 15) is 4.79 Å². The van der Waals surface area contributed by atoms with Gasteiger partial charge in [-0.15, -0.1) is 0 Å². The van der Waals surface area contributed by atoms with Gasteiger partial charge < -0.3 is 14.2 Å². The van der Waals surface area contributed by atoms with Crippen LogP contribution in [-0.2, 0) is 19.0 Å². The molecule has 2 fully saturated rings. The zero-order valence-electron chi connectivity index (χ0n) is 9.11. The van der Waals surface area contributed by atoms with Gasteiger partial charge in [-0.3, -0.25) is 4.79 Å². The topological polar surface area (TPSA) is 44.8 Å². The Balaban J connectivity index is 1.81. The first-order valence-corrected chi connectivity index (χ1v) is 5.66. The molecule has 1 aliphatic carbocycles. The Hall–Kier alpha value is -0.610. The Morgan fingerprint density at radius 2 is 2.07 bits per heavy atom. The van der Waals surface area contributed by atoms with Gasteiger partial charge in [0.1, 0.15) is 6.10 Å². The summed E-state index contributed by atoms with van der Waals surface area (Å²) in [5.74, 6) is 0.233. The highest BCUT2D eigenvalue weighted by molar-refractivity contribution is 5.66. The number of carbonyl (C=O) groups is 1. The van der Waals surface area contributed by atoms with Crippen LogP contribution in [0.1, 0.15) is 32.6 Å². The fourth-order valence-corrected chi connectivity index (χ4v) is 2.43. The lowest BCUT2D eigenvalue weighted by Gasteiger charge is -2.21. The van der Waals surface area contributed by atoms with Crippen LogP contribution in [0.4, 0.5) is 0 Å². The molecule has 1 saturated carbocycles. The Kier molecular flexibility index (Phi) is 3.59. The van der Waals surface area contributed by atoms with Gasteiger partial charge in [-0.1, -0.05) is 0 Å². The van der Waals surface area contributed by atoms with Crippen molar-refractivity contribution in [1.82, 2.24) is 0 Å². The van der Waals surface area contributed by atoms with Gasteiger partial charge in [0.15, 0.2) is 6.29 Å². The van der Waals surface area contributed by atoms with E-state index in [1.54, 1.807) is 0 Å². The second-order valence-corrected chi connectivity index (χ2v) is 4.25. The normalized spacial score (nSPS) is 32.1. The van der Waals surface area contributed by atoms with E-state index < -0.39 is 0 Å². The highest BCUT2D eigenvalue weighted by Crippen LogP contribution is 2.33. The monoisotopic (exact) mass is 214 g/mol. The van der Waals surface area contributed by atoms with E-state index in [2.05, 4.69) is 0 Å². The van der Waals surface area contributed by atoms with E-state index in [-0.39, 0.29) is 18.4 Å². The number of esters is 1. The van der Waals surface area contributed by atoms with Crippen molar-refractivity contribution in [2.75, 3.05) is 13.2 Å². The fraction of sp³-hybridized carbons (Fsp3) is 0.909. The maximum Gasteiger partial charge on any atom is 0.302 e. The second kappa shape index (κ2) is 4.94. The number of hydrogen-bond acceptors (Lipinski definition) is 4. The molecule has 0 N–H and O–H groups in total. The quantitative estimate of drug-likeness (QED) is 0.667. The average molecular weight is 214 g/mol. The van der Waals surface area contributed by atoms with E-state index in [0.717, 1.165) is 25.7 Å². The molecular weight excluding hydrogens is 196 g/mol. The third-order valence-corrected chi connectivity index (χ3v) is 3.09. The summed E-state index contributed by atoms with van der Waals surface area (Å²) >= 11 is 0. The lowest BCUT2D eigenvalue weighted by atomic mass is 10.0. The number of hydrogen-bond donors (Lipinski definition) is 0. The second-order valence-electron chi connectivity index (χ2n) is 4.25. The molecule has 1 saturated heterocycles. The fourth-order valence-electron chi connectivity index (χ4n) is 2.43. The van der Waals surface area contributed by atoms with Crippen LogP contribution in [0.3, 0.4) is 0 Å². The lowest BCUT2D eigenvalue weighted by Crippen LogP contribution is -2.25. The molecule has 0 radical (unpaired) electrons. The third-order valence-electron chi connectivity index (χ3n) is 3.09. The van der Waals surface area contributed by atoms with Crippen LogP contribution >= 0.6 is 0 Å². The molecule has 2 atom stereocenters. The minimum atomic E-state index is -0.180. The predicted octanol–water partition coefficient (Wildman–Crippen LogP) is 1.48. The summed E-state index contributed by atoms with van der Waals surface area (Å²) in [5, 5.41) is 0. The number of carbonyl (C=O) groups excluding carboxylic acids is 1. The van der Waals surface area contributed by atoms with Crippen LogP contribution < -0.4 is 0 Å². The minimum Gasteiger partial charge on any atom is -0.462 e. The molecule has 0 unspecified atom stereocenters. The van der Waals surface area contributed by atoms with Crippen molar-refractivity contribution in [3.05, 3.63) is 0 Å². The smallest absolute Gasteiger partial charge is 0.302 e. The van der Waals surface area contributed by atoms with Gasteiger partial charge in [0.05, 0.1) is 13.2 Å². The van der Waals surface area contributed by atoms with Crippen LogP contribution in [0.2, 0.25) is 0 Å². The van der Waals surface area contributed by atoms with E-state index in [4.69, 9.17) is 14.2 Å². The molecule has 4 nitrogen and oxygen atoms in total. The molecule has 86 valence electrons. The molecule has 1 heterocycles. The van der Waals surface area contributed by atoms with E-state index >= 15 is 0 Å².